The van der Waals surface area contributed by atoms with E-state index < -0.39 is 5.97 Å². The number of para-hydroxylation sites is 1. The van der Waals surface area contributed by atoms with Crippen LogP contribution in [0.4, 0.5) is 5.69 Å². The number of nitrogens with zero attached hydrogens (tertiary/aromatic N) is 1. The highest BCUT2D eigenvalue weighted by molar-refractivity contribution is 5.96. The molecule has 1 amide bonds. The molecule has 2 aromatic carbocycles. The highest BCUT2D eigenvalue weighted by Crippen LogP contribution is 2.16. The number of carbonyl (C=O) groups is 2. The topological polar surface area (TPSA) is 94.0 Å². The SMILES string of the molecule is CCOC(=O)c1ccc(N=c2oc3ccccc3cc2C(=O)NCc2ccco2)cc1. The van der Waals surface area contributed by atoms with Crippen LogP contribution in [0.3, 0.4) is 0 Å². The minimum Gasteiger partial charge on any atom is -0.467 e. The molecular formula is C24H20N2O5. The van der Waals surface area contributed by atoms with Crippen molar-refractivity contribution in [2.24, 2.45) is 4.99 Å². The summed E-state index contributed by atoms with van der Waals surface area (Å²) in [5, 5.41) is 3.60. The van der Waals surface area contributed by atoms with Crippen LogP contribution in [0.25, 0.3) is 11.0 Å². The molecule has 0 aliphatic rings. The molecule has 0 spiro atoms. The van der Waals surface area contributed by atoms with Crippen LogP contribution >= 0.6 is 0 Å². The van der Waals surface area contributed by atoms with Crippen molar-refractivity contribution in [1.82, 2.24) is 5.32 Å². The van der Waals surface area contributed by atoms with Gasteiger partial charge in [0.1, 0.15) is 16.9 Å². The van der Waals surface area contributed by atoms with E-state index in [-0.39, 0.29) is 18.0 Å². The minimum absolute atomic E-state index is 0.166. The summed E-state index contributed by atoms with van der Waals surface area (Å²) in [6.07, 6.45) is 1.55. The van der Waals surface area contributed by atoms with Gasteiger partial charge in [-0.2, -0.15) is 0 Å². The maximum atomic E-state index is 12.9. The molecule has 0 atom stereocenters. The predicted molar refractivity (Wildman–Crippen MR) is 114 cm³/mol. The Kier molecular flexibility index (Phi) is 5.93. The number of esters is 1. The van der Waals surface area contributed by atoms with Crippen LogP contribution in [-0.2, 0) is 11.3 Å². The molecule has 0 saturated carbocycles. The van der Waals surface area contributed by atoms with Crippen molar-refractivity contribution in [3.8, 4) is 0 Å². The van der Waals surface area contributed by atoms with E-state index in [1.54, 1.807) is 55.7 Å². The van der Waals surface area contributed by atoms with Gasteiger partial charge >= 0.3 is 5.97 Å². The fourth-order valence-corrected chi connectivity index (χ4v) is 2.99. The number of amides is 1. The number of benzene rings is 2. The van der Waals surface area contributed by atoms with Gasteiger partial charge < -0.3 is 18.9 Å². The second-order valence-corrected chi connectivity index (χ2v) is 6.64. The number of nitrogens with one attached hydrogen (secondary N) is 1. The van der Waals surface area contributed by atoms with Gasteiger partial charge in [0, 0.05) is 5.39 Å². The van der Waals surface area contributed by atoms with E-state index in [0.717, 1.165) is 5.39 Å². The Labute approximate surface area is 178 Å². The van der Waals surface area contributed by atoms with Gasteiger partial charge in [-0.1, -0.05) is 18.2 Å². The van der Waals surface area contributed by atoms with Crippen molar-refractivity contribution in [2.45, 2.75) is 13.5 Å². The third-order valence-electron chi connectivity index (χ3n) is 4.51. The second-order valence-electron chi connectivity index (χ2n) is 6.64. The van der Waals surface area contributed by atoms with Crippen LogP contribution in [0, 0.1) is 0 Å². The molecule has 0 radical (unpaired) electrons. The Bertz CT molecular complexity index is 1270. The standard InChI is InChI=1S/C24H20N2O5/c1-2-29-24(28)16-9-11-18(12-10-16)26-23-20(14-17-6-3-4-8-21(17)31-23)22(27)25-15-19-7-5-13-30-19/h3-14H,2,15H2,1H3,(H,25,27). The molecule has 0 aliphatic carbocycles. The molecular weight excluding hydrogens is 396 g/mol. The summed E-state index contributed by atoms with van der Waals surface area (Å²) in [5.74, 6) is -0.102. The summed E-state index contributed by atoms with van der Waals surface area (Å²) < 4.78 is 16.2. The second kappa shape index (κ2) is 9.13. The van der Waals surface area contributed by atoms with Crippen LogP contribution in [0.15, 0.2) is 86.8 Å². The molecule has 31 heavy (non-hydrogen) atoms. The smallest absolute Gasteiger partial charge is 0.338 e. The van der Waals surface area contributed by atoms with Crippen molar-refractivity contribution < 1.29 is 23.2 Å². The van der Waals surface area contributed by atoms with E-state index in [4.69, 9.17) is 13.6 Å². The zero-order chi connectivity index (χ0) is 21.6. The van der Waals surface area contributed by atoms with Gasteiger partial charge in [0.15, 0.2) is 0 Å². The average Bonchev–Trinajstić information content (AvgIpc) is 3.31. The Morgan fingerprint density at radius 3 is 2.58 bits per heavy atom. The lowest BCUT2D eigenvalue weighted by Gasteiger charge is -2.06. The van der Waals surface area contributed by atoms with Crippen molar-refractivity contribution in [2.75, 3.05) is 6.61 Å². The predicted octanol–water partition coefficient (Wildman–Crippen LogP) is 4.36. The van der Waals surface area contributed by atoms with Crippen molar-refractivity contribution in [3.63, 3.8) is 0 Å². The van der Waals surface area contributed by atoms with Crippen molar-refractivity contribution >= 4 is 28.5 Å². The maximum absolute atomic E-state index is 12.9. The van der Waals surface area contributed by atoms with Gasteiger partial charge in [-0.05, 0) is 55.5 Å². The number of hydrogen-bond donors (Lipinski definition) is 1. The molecule has 4 rings (SSSR count). The first-order valence-electron chi connectivity index (χ1n) is 9.79. The molecule has 2 aromatic heterocycles. The quantitative estimate of drug-likeness (QED) is 0.471. The Morgan fingerprint density at radius 1 is 1.03 bits per heavy atom. The average molecular weight is 416 g/mol. The van der Waals surface area contributed by atoms with E-state index in [1.807, 2.05) is 24.3 Å². The fraction of sp³-hybridized carbons (Fsp3) is 0.125. The minimum atomic E-state index is -0.401. The lowest BCUT2D eigenvalue weighted by atomic mass is 10.1. The Balaban J connectivity index is 1.70. The third-order valence-corrected chi connectivity index (χ3v) is 4.51. The number of rotatable bonds is 6. The highest BCUT2D eigenvalue weighted by Gasteiger charge is 2.13. The third kappa shape index (κ3) is 4.72. The van der Waals surface area contributed by atoms with Crippen LogP contribution in [0.5, 0.6) is 0 Å². The molecule has 2 heterocycles. The monoisotopic (exact) mass is 416 g/mol. The molecule has 0 unspecified atom stereocenters. The molecule has 7 nitrogen and oxygen atoms in total. The molecule has 7 heteroatoms. The lowest BCUT2D eigenvalue weighted by molar-refractivity contribution is 0.0526. The summed E-state index contributed by atoms with van der Waals surface area (Å²) in [4.78, 5) is 29.2. The van der Waals surface area contributed by atoms with Gasteiger partial charge in [0.25, 0.3) is 5.91 Å². The molecule has 4 aromatic rings. The Morgan fingerprint density at radius 2 is 1.84 bits per heavy atom. The van der Waals surface area contributed by atoms with Gasteiger partial charge in [0.05, 0.1) is 30.7 Å². The van der Waals surface area contributed by atoms with Gasteiger partial charge in [-0.25, -0.2) is 9.79 Å². The van der Waals surface area contributed by atoms with Crippen LogP contribution in [0.1, 0.15) is 33.4 Å². The molecule has 0 saturated heterocycles. The van der Waals surface area contributed by atoms with Crippen molar-refractivity contribution in [3.05, 3.63) is 95.4 Å². The Hall–Kier alpha value is -4.13. The van der Waals surface area contributed by atoms with Crippen LogP contribution in [-0.4, -0.2) is 18.5 Å². The first-order valence-corrected chi connectivity index (χ1v) is 9.79. The summed E-state index contributed by atoms with van der Waals surface area (Å²) in [5.41, 5.74) is 2.02. The van der Waals surface area contributed by atoms with E-state index >= 15 is 0 Å². The summed E-state index contributed by atoms with van der Waals surface area (Å²) in [6, 6.07) is 19.2. The number of furan rings is 1. The van der Waals surface area contributed by atoms with E-state index in [9.17, 15) is 9.59 Å². The maximum Gasteiger partial charge on any atom is 0.338 e. The number of hydrogen-bond acceptors (Lipinski definition) is 6. The first-order chi connectivity index (χ1) is 15.1. The lowest BCUT2D eigenvalue weighted by Crippen LogP contribution is -2.28. The van der Waals surface area contributed by atoms with Crippen LogP contribution in [0.2, 0.25) is 0 Å². The van der Waals surface area contributed by atoms with E-state index in [0.29, 0.717) is 34.8 Å². The van der Waals surface area contributed by atoms with Crippen LogP contribution < -0.4 is 10.9 Å². The summed E-state index contributed by atoms with van der Waals surface area (Å²) in [6.45, 7) is 2.30. The largest absolute Gasteiger partial charge is 0.467 e. The molecule has 1 N–H and O–H groups in total. The zero-order valence-electron chi connectivity index (χ0n) is 16.8. The number of ether oxygens (including phenoxy) is 1. The molecule has 156 valence electrons. The van der Waals surface area contributed by atoms with E-state index in [1.165, 1.54) is 0 Å². The highest BCUT2D eigenvalue weighted by atomic mass is 16.5. The molecule has 0 aliphatic heterocycles. The zero-order valence-corrected chi connectivity index (χ0v) is 16.8. The van der Waals surface area contributed by atoms with Gasteiger partial charge in [0.2, 0.25) is 5.55 Å². The first kappa shape index (κ1) is 20.2. The van der Waals surface area contributed by atoms with Crippen molar-refractivity contribution in [1.29, 1.82) is 0 Å². The van der Waals surface area contributed by atoms with E-state index in [2.05, 4.69) is 10.3 Å². The van der Waals surface area contributed by atoms with Gasteiger partial charge in [-0.3, -0.25) is 4.79 Å². The summed E-state index contributed by atoms with van der Waals surface area (Å²) in [7, 11) is 0. The number of carbonyl (C=O) groups excluding carboxylic acids is 2. The molecule has 0 bridgehead atoms. The van der Waals surface area contributed by atoms with Gasteiger partial charge in [-0.15, -0.1) is 0 Å². The summed E-state index contributed by atoms with van der Waals surface area (Å²) >= 11 is 0. The molecule has 0 fully saturated rings. The fourth-order valence-electron chi connectivity index (χ4n) is 2.99. The normalized spacial score (nSPS) is 11.5. The number of fused-ring (bicyclic) bond motifs is 1.